The van der Waals surface area contributed by atoms with Crippen molar-refractivity contribution in [2.45, 2.75) is 12.6 Å². The Morgan fingerprint density at radius 2 is 1.68 bits per heavy atom. The molecule has 164 valence electrons. The zero-order chi connectivity index (χ0) is 22.6. The monoisotopic (exact) mass is 436 g/mol. The van der Waals surface area contributed by atoms with Gasteiger partial charge in [0.05, 0.1) is 22.7 Å². The van der Waals surface area contributed by atoms with Gasteiger partial charge in [-0.05, 0) is 42.8 Å². The Labute approximate surface area is 175 Å². The van der Waals surface area contributed by atoms with Crippen molar-refractivity contribution in [1.29, 1.82) is 0 Å². The molecule has 0 spiro atoms. The van der Waals surface area contributed by atoms with Crippen LogP contribution < -0.4 is 16.2 Å². The molecule has 8 nitrogen and oxygen atoms in total. The topological polar surface area (TPSA) is 111 Å². The van der Waals surface area contributed by atoms with Crippen molar-refractivity contribution in [2.75, 3.05) is 18.4 Å². The number of anilines is 2. The number of nitrogens with zero attached hydrogens (tertiary/aromatic N) is 1. The van der Waals surface area contributed by atoms with Crippen molar-refractivity contribution in [3.63, 3.8) is 0 Å². The Bertz CT molecular complexity index is 979. The summed E-state index contributed by atoms with van der Waals surface area (Å²) in [6.07, 6.45) is -5.21. The number of benzene rings is 2. The lowest BCUT2D eigenvalue weighted by Gasteiger charge is -2.15. The van der Waals surface area contributed by atoms with Crippen LogP contribution in [0.25, 0.3) is 0 Å². The molecule has 0 radical (unpaired) electrons. The predicted octanol–water partition coefficient (Wildman–Crippen LogP) is 3.21. The highest BCUT2D eigenvalue weighted by Gasteiger charge is 2.31. The van der Waals surface area contributed by atoms with Crippen LogP contribution in [-0.2, 0) is 11.0 Å². The van der Waals surface area contributed by atoms with Crippen molar-refractivity contribution in [3.8, 4) is 0 Å². The van der Waals surface area contributed by atoms with E-state index in [0.29, 0.717) is 17.8 Å². The van der Waals surface area contributed by atoms with Crippen LogP contribution in [0.5, 0.6) is 0 Å². The van der Waals surface area contributed by atoms with Crippen molar-refractivity contribution in [3.05, 3.63) is 59.7 Å². The summed E-state index contributed by atoms with van der Waals surface area (Å²) in [6.45, 7) is 0.282. The second-order valence-electron chi connectivity index (χ2n) is 6.90. The first-order valence-corrected chi connectivity index (χ1v) is 9.26. The van der Waals surface area contributed by atoms with Gasteiger partial charge in [-0.1, -0.05) is 12.1 Å². The van der Waals surface area contributed by atoms with Crippen LogP contribution >= 0.6 is 0 Å². The molecule has 4 N–H and O–H groups in total. The van der Waals surface area contributed by atoms with Gasteiger partial charge < -0.3 is 15.3 Å². The third kappa shape index (κ3) is 5.44. The summed E-state index contributed by atoms with van der Waals surface area (Å²) >= 11 is 0. The maximum absolute atomic E-state index is 12.7. The fourth-order valence-electron chi connectivity index (χ4n) is 3.12. The lowest BCUT2D eigenvalue weighted by atomic mass is 10.1. The number of rotatable bonds is 4. The zero-order valence-electron chi connectivity index (χ0n) is 16.1. The third-order valence-corrected chi connectivity index (χ3v) is 4.79. The van der Waals surface area contributed by atoms with E-state index >= 15 is 0 Å². The van der Waals surface area contributed by atoms with E-state index in [1.54, 1.807) is 18.2 Å². The average Bonchev–Trinajstić information content (AvgIpc) is 3.23. The van der Waals surface area contributed by atoms with Crippen molar-refractivity contribution in [2.24, 2.45) is 5.92 Å². The number of carbonyl (C=O) groups is 3. The first kappa shape index (κ1) is 21.9. The van der Waals surface area contributed by atoms with E-state index in [4.69, 9.17) is 5.11 Å². The molecule has 2 aromatic carbocycles. The van der Waals surface area contributed by atoms with Gasteiger partial charge in [0.2, 0.25) is 5.91 Å². The van der Waals surface area contributed by atoms with Crippen LogP contribution in [0.1, 0.15) is 22.3 Å². The minimum absolute atomic E-state index is 0.0447. The Morgan fingerprint density at radius 3 is 2.29 bits per heavy atom. The number of amides is 3. The van der Waals surface area contributed by atoms with E-state index in [2.05, 4.69) is 16.2 Å². The summed E-state index contributed by atoms with van der Waals surface area (Å²) in [4.78, 5) is 36.8. The van der Waals surface area contributed by atoms with E-state index in [0.717, 1.165) is 17.0 Å². The van der Waals surface area contributed by atoms with E-state index < -0.39 is 35.6 Å². The Balaban J connectivity index is 1.62. The summed E-state index contributed by atoms with van der Waals surface area (Å²) in [7, 11) is 0. The standard InChI is InChI=1S/C20H19F3N4O4/c21-20(22,23)13-5-7-14(8-6-13)24-16-4-2-1-3-15(16)18(29)26-25-17(28)12-9-10-27(11-12)19(30)31/h1-8,12,24H,9-11H2,(H,25,28)(H,26,29)(H,30,31). The smallest absolute Gasteiger partial charge is 0.416 e. The summed E-state index contributed by atoms with van der Waals surface area (Å²) in [5.41, 5.74) is 4.60. The fourth-order valence-corrected chi connectivity index (χ4v) is 3.12. The highest BCUT2D eigenvalue weighted by molar-refractivity contribution is 6.01. The quantitative estimate of drug-likeness (QED) is 0.550. The van der Waals surface area contributed by atoms with Gasteiger partial charge in [-0.25, -0.2) is 4.79 Å². The number of halogens is 3. The van der Waals surface area contributed by atoms with Crippen LogP contribution in [-0.4, -0.2) is 41.0 Å². The number of hydrogen-bond acceptors (Lipinski definition) is 4. The lowest BCUT2D eigenvalue weighted by Crippen LogP contribution is -2.45. The van der Waals surface area contributed by atoms with Crippen molar-refractivity contribution < 1.29 is 32.7 Å². The molecule has 0 aliphatic carbocycles. The molecule has 1 aliphatic rings. The molecule has 2 aromatic rings. The average molecular weight is 436 g/mol. The van der Waals surface area contributed by atoms with Gasteiger partial charge in [0.15, 0.2) is 0 Å². The number of nitrogens with one attached hydrogen (secondary N) is 3. The highest BCUT2D eigenvalue weighted by Crippen LogP contribution is 2.30. The Hall–Kier alpha value is -3.76. The van der Waals surface area contributed by atoms with Gasteiger partial charge >= 0.3 is 12.3 Å². The molecule has 1 atom stereocenters. The van der Waals surface area contributed by atoms with Gasteiger partial charge in [-0.2, -0.15) is 13.2 Å². The van der Waals surface area contributed by atoms with Gasteiger partial charge in [0, 0.05) is 18.8 Å². The molecule has 1 aliphatic heterocycles. The molecule has 3 amide bonds. The number of para-hydroxylation sites is 1. The van der Waals surface area contributed by atoms with E-state index in [1.807, 2.05) is 0 Å². The molecule has 31 heavy (non-hydrogen) atoms. The zero-order valence-corrected chi connectivity index (χ0v) is 16.1. The van der Waals surface area contributed by atoms with Gasteiger partial charge in [0.1, 0.15) is 0 Å². The SMILES string of the molecule is O=C(NNC(=O)C1CCN(C(=O)O)C1)c1ccccc1Nc1ccc(C(F)(F)F)cc1. The number of likely N-dealkylation sites (tertiary alicyclic amines) is 1. The second-order valence-corrected chi connectivity index (χ2v) is 6.90. The summed E-state index contributed by atoms with van der Waals surface area (Å²) < 4.78 is 38.1. The largest absolute Gasteiger partial charge is 0.465 e. The molecule has 3 rings (SSSR count). The molecule has 0 bridgehead atoms. The number of alkyl halides is 3. The summed E-state index contributed by atoms with van der Waals surface area (Å²) in [5, 5.41) is 11.8. The van der Waals surface area contributed by atoms with E-state index in [-0.39, 0.29) is 18.7 Å². The van der Waals surface area contributed by atoms with Gasteiger partial charge in [-0.15, -0.1) is 0 Å². The molecule has 1 saturated heterocycles. The van der Waals surface area contributed by atoms with Crippen LogP contribution in [0.15, 0.2) is 48.5 Å². The molecule has 0 aromatic heterocycles. The first-order chi connectivity index (χ1) is 14.6. The van der Waals surface area contributed by atoms with Crippen LogP contribution in [0.2, 0.25) is 0 Å². The molecular formula is C20H19F3N4O4. The normalized spacial score (nSPS) is 16.0. The maximum atomic E-state index is 12.7. The summed E-state index contributed by atoms with van der Waals surface area (Å²) in [6, 6.07) is 10.6. The molecule has 0 saturated carbocycles. The minimum Gasteiger partial charge on any atom is -0.465 e. The Kier molecular flexibility index (Phi) is 6.33. The lowest BCUT2D eigenvalue weighted by molar-refractivity contribution is -0.137. The molecule has 1 heterocycles. The fraction of sp³-hybridized carbons (Fsp3) is 0.250. The number of carbonyl (C=O) groups excluding carboxylic acids is 2. The van der Waals surface area contributed by atoms with Crippen molar-refractivity contribution >= 4 is 29.3 Å². The summed E-state index contributed by atoms with van der Waals surface area (Å²) in [5.74, 6) is -1.72. The first-order valence-electron chi connectivity index (χ1n) is 9.26. The van der Waals surface area contributed by atoms with Gasteiger partial charge in [0.25, 0.3) is 5.91 Å². The molecule has 11 heteroatoms. The third-order valence-electron chi connectivity index (χ3n) is 4.79. The van der Waals surface area contributed by atoms with Crippen molar-refractivity contribution in [1.82, 2.24) is 15.8 Å². The van der Waals surface area contributed by atoms with E-state index in [9.17, 15) is 27.6 Å². The highest BCUT2D eigenvalue weighted by atomic mass is 19.4. The van der Waals surface area contributed by atoms with Crippen LogP contribution in [0.4, 0.5) is 29.3 Å². The predicted molar refractivity (Wildman–Crippen MR) is 104 cm³/mol. The second kappa shape index (κ2) is 8.94. The molecule has 1 unspecified atom stereocenters. The maximum Gasteiger partial charge on any atom is 0.416 e. The minimum atomic E-state index is -4.45. The van der Waals surface area contributed by atoms with E-state index in [1.165, 1.54) is 18.2 Å². The number of hydrogen-bond donors (Lipinski definition) is 4. The Morgan fingerprint density at radius 1 is 1.00 bits per heavy atom. The van der Waals surface area contributed by atoms with Crippen LogP contribution in [0, 0.1) is 5.92 Å². The van der Waals surface area contributed by atoms with Gasteiger partial charge in [-0.3, -0.25) is 20.4 Å². The van der Waals surface area contributed by atoms with Crippen LogP contribution in [0.3, 0.4) is 0 Å². The number of carboxylic acid groups (broad SMARTS) is 1. The molecular weight excluding hydrogens is 417 g/mol. The number of hydrazine groups is 1. The molecule has 1 fully saturated rings.